The Balaban J connectivity index is 0.00000238. The fourth-order valence-corrected chi connectivity index (χ4v) is 11.1. The maximum atomic E-state index is 17.3. The molecule has 3 saturated heterocycles. The molecule has 9 rings (SSSR count). The van der Waals surface area contributed by atoms with Gasteiger partial charge in [-0.25, -0.2) is 8.78 Å². The van der Waals surface area contributed by atoms with E-state index >= 15 is 8.78 Å². The predicted molar refractivity (Wildman–Crippen MR) is 224 cm³/mol. The maximum Gasteiger partial charge on any atom is 0.319 e. The van der Waals surface area contributed by atoms with Gasteiger partial charge in [0.2, 0.25) is 0 Å². The number of phenols is 1. The molecule has 5 aliphatic rings. The number of piperidine rings is 1. The first-order valence-corrected chi connectivity index (χ1v) is 22.0. The number of phenolic OH excluding ortho intramolecular Hbond substituents is 1. The number of anilines is 1. The number of halogens is 2. The second-order valence-corrected chi connectivity index (χ2v) is 17.9. The molecule has 2 aliphatic carbocycles. The summed E-state index contributed by atoms with van der Waals surface area (Å²) in [6.45, 7) is 10.7. The number of ether oxygens (including phenoxy) is 3. The van der Waals surface area contributed by atoms with Crippen LogP contribution in [0.3, 0.4) is 0 Å². The van der Waals surface area contributed by atoms with E-state index in [0.717, 1.165) is 51.9 Å². The van der Waals surface area contributed by atoms with Gasteiger partial charge < -0.3 is 34.4 Å². The number of aromatic hydroxyl groups is 1. The van der Waals surface area contributed by atoms with Gasteiger partial charge in [0.05, 0.1) is 44.5 Å². The first kappa shape index (κ1) is 42.0. The Morgan fingerprint density at radius 1 is 1.00 bits per heavy atom. The molecule has 5 heterocycles. The molecule has 2 aromatic heterocycles. The van der Waals surface area contributed by atoms with Crippen LogP contribution in [0.5, 0.6) is 11.8 Å². The zero-order valence-corrected chi connectivity index (χ0v) is 35.1. The van der Waals surface area contributed by atoms with Gasteiger partial charge >= 0.3 is 6.01 Å². The Hall–Kier alpha value is -3.75. The van der Waals surface area contributed by atoms with E-state index < -0.39 is 23.3 Å². The minimum atomic E-state index is -1.31. The second kappa shape index (κ2) is 17.0. The van der Waals surface area contributed by atoms with E-state index in [1.54, 1.807) is 17.9 Å². The lowest BCUT2D eigenvalue weighted by Crippen LogP contribution is -2.56. The lowest BCUT2D eigenvalue weighted by atomic mass is 9.69. The van der Waals surface area contributed by atoms with Crippen molar-refractivity contribution in [2.24, 2.45) is 10.8 Å². The van der Waals surface area contributed by atoms with Crippen molar-refractivity contribution >= 4 is 27.5 Å². The highest BCUT2D eigenvalue weighted by molar-refractivity contribution is 6.01. The lowest BCUT2D eigenvalue weighted by Gasteiger charge is -2.51. The van der Waals surface area contributed by atoms with Crippen LogP contribution in [-0.4, -0.2) is 112 Å². The SMILES string of the molecule is CC.CCc1c(F)ccc2cc(O)cc(-c3ncc4c(N5CC(CO)OCC(C)(O)C5)nc(OCC56CCCC5N(C5CCC7(CCOC7)CC5)CCC6)nc4c3F)c12. The summed E-state index contributed by atoms with van der Waals surface area (Å²) in [6, 6.07) is 6.81. The smallest absolute Gasteiger partial charge is 0.319 e. The average Bonchev–Trinajstić information content (AvgIpc) is 3.85. The van der Waals surface area contributed by atoms with Gasteiger partial charge in [-0.05, 0) is 118 Å². The summed E-state index contributed by atoms with van der Waals surface area (Å²) < 4.78 is 50.8. The number of benzene rings is 2. The summed E-state index contributed by atoms with van der Waals surface area (Å²) >= 11 is 0. The zero-order chi connectivity index (χ0) is 41.5. The molecular weight excluding hydrogens is 757 g/mol. The molecule has 3 N–H and O–H groups in total. The van der Waals surface area contributed by atoms with Crippen molar-refractivity contribution in [3.8, 4) is 23.0 Å². The van der Waals surface area contributed by atoms with Crippen molar-refractivity contribution in [1.82, 2.24) is 19.9 Å². The Morgan fingerprint density at radius 2 is 1.80 bits per heavy atom. The topological polar surface area (TPSA) is 134 Å². The summed E-state index contributed by atoms with van der Waals surface area (Å²) in [5, 5.41) is 33.5. The van der Waals surface area contributed by atoms with Crippen molar-refractivity contribution in [3.63, 3.8) is 0 Å². The van der Waals surface area contributed by atoms with Gasteiger partial charge in [0.1, 0.15) is 34.2 Å². The van der Waals surface area contributed by atoms with Crippen molar-refractivity contribution in [3.05, 3.63) is 47.7 Å². The molecule has 4 atom stereocenters. The number of aromatic nitrogens is 3. The van der Waals surface area contributed by atoms with Gasteiger partial charge in [-0.2, -0.15) is 9.97 Å². The van der Waals surface area contributed by atoms with Crippen LogP contribution in [0, 0.1) is 22.5 Å². The van der Waals surface area contributed by atoms with E-state index in [-0.39, 0.29) is 65.6 Å². The number of aliphatic hydroxyl groups is 2. The molecular formula is C46H61F2N5O6. The molecule has 2 aromatic carbocycles. The number of β-amino-alcohol motifs (C(OH)–C–C–N with tert-alkyl or cyclic N) is 1. The molecule has 5 fully saturated rings. The third-order valence-corrected chi connectivity index (χ3v) is 14.0. The Kier molecular flexibility index (Phi) is 12.1. The van der Waals surface area contributed by atoms with E-state index in [1.165, 1.54) is 56.5 Å². The third kappa shape index (κ3) is 7.98. The predicted octanol–water partition coefficient (Wildman–Crippen LogP) is 7.73. The van der Waals surface area contributed by atoms with E-state index in [0.29, 0.717) is 52.7 Å². The average molecular weight is 818 g/mol. The standard InChI is InChI=1S/C44H55F2N5O6.C2H6/c1-3-31-34(45)8-7-27-18-29(53)19-32(36(27)31)38-37(46)39-33(20-47-38)40(50-21-30(22-52)56-24-42(2,54)23-50)49-41(48-39)57-26-44-11-4-6-35(44)51(16-5-12-44)28-9-13-43(14-10-28)15-17-55-25-43;1-2/h7-8,18-20,28,30,35,52-54H,3-6,9-17,21-26H2,1-2H3;1-2H3. The quantitative estimate of drug-likeness (QED) is 0.161. The highest BCUT2D eigenvalue weighted by atomic mass is 19.1. The lowest BCUT2D eigenvalue weighted by molar-refractivity contribution is -0.0528. The largest absolute Gasteiger partial charge is 0.508 e. The van der Waals surface area contributed by atoms with Gasteiger partial charge in [0.25, 0.3) is 0 Å². The minimum absolute atomic E-state index is 0.00504. The molecule has 3 aliphatic heterocycles. The normalized spacial score (nSPS) is 30.0. The minimum Gasteiger partial charge on any atom is -0.508 e. The van der Waals surface area contributed by atoms with Crippen molar-refractivity contribution in [2.45, 2.75) is 122 Å². The van der Waals surface area contributed by atoms with Crippen LogP contribution in [0.25, 0.3) is 32.9 Å². The van der Waals surface area contributed by atoms with Gasteiger partial charge in [0, 0.05) is 42.4 Å². The maximum absolute atomic E-state index is 17.3. The molecule has 4 unspecified atom stereocenters. The monoisotopic (exact) mass is 817 g/mol. The number of fused-ring (bicyclic) bond motifs is 3. The van der Waals surface area contributed by atoms with Crippen LogP contribution >= 0.6 is 0 Å². The van der Waals surface area contributed by atoms with Gasteiger partial charge in [-0.3, -0.25) is 9.88 Å². The zero-order valence-electron chi connectivity index (χ0n) is 35.1. The van der Waals surface area contributed by atoms with E-state index in [4.69, 9.17) is 24.2 Å². The third-order valence-electron chi connectivity index (χ3n) is 14.0. The van der Waals surface area contributed by atoms with E-state index in [2.05, 4.69) is 9.88 Å². The number of likely N-dealkylation sites (tertiary alicyclic amines) is 1. The number of pyridine rings is 1. The van der Waals surface area contributed by atoms with Crippen LogP contribution in [0.4, 0.5) is 14.6 Å². The Labute approximate surface area is 346 Å². The Morgan fingerprint density at radius 3 is 2.54 bits per heavy atom. The molecule has 0 amide bonds. The molecule has 13 heteroatoms. The molecule has 0 bridgehead atoms. The molecule has 320 valence electrons. The fraction of sp³-hybridized carbons (Fsp3) is 0.630. The molecule has 0 radical (unpaired) electrons. The Bertz CT molecular complexity index is 2140. The summed E-state index contributed by atoms with van der Waals surface area (Å²) in [7, 11) is 0. The molecule has 59 heavy (non-hydrogen) atoms. The second-order valence-electron chi connectivity index (χ2n) is 17.9. The van der Waals surface area contributed by atoms with Crippen LogP contribution in [0.15, 0.2) is 30.5 Å². The molecule has 2 saturated carbocycles. The highest BCUT2D eigenvalue weighted by Crippen LogP contribution is 2.52. The van der Waals surface area contributed by atoms with Crippen LogP contribution in [0.2, 0.25) is 0 Å². The van der Waals surface area contributed by atoms with Crippen molar-refractivity contribution in [2.75, 3.05) is 57.6 Å². The number of aryl methyl sites for hydroxylation is 1. The van der Waals surface area contributed by atoms with Crippen LogP contribution in [-0.2, 0) is 15.9 Å². The van der Waals surface area contributed by atoms with Crippen LogP contribution < -0.4 is 9.64 Å². The van der Waals surface area contributed by atoms with Crippen LogP contribution in [0.1, 0.15) is 97.5 Å². The van der Waals surface area contributed by atoms with Crippen molar-refractivity contribution < 1.29 is 38.3 Å². The number of hydrogen-bond donors (Lipinski definition) is 3. The number of aliphatic hydroxyl groups excluding tert-OH is 1. The van der Waals surface area contributed by atoms with Gasteiger partial charge in [-0.15, -0.1) is 0 Å². The summed E-state index contributed by atoms with van der Waals surface area (Å²) in [6.07, 6.45) is 12.6. The molecule has 1 spiro atoms. The summed E-state index contributed by atoms with van der Waals surface area (Å²) in [5.74, 6) is -0.988. The fourth-order valence-electron chi connectivity index (χ4n) is 11.1. The van der Waals surface area contributed by atoms with Gasteiger partial charge in [0.15, 0.2) is 5.82 Å². The first-order valence-electron chi connectivity index (χ1n) is 22.0. The first-order chi connectivity index (χ1) is 28.5. The summed E-state index contributed by atoms with van der Waals surface area (Å²) in [4.78, 5) is 18.8. The number of hydrogen-bond acceptors (Lipinski definition) is 11. The summed E-state index contributed by atoms with van der Waals surface area (Å²) in [5.41, 5.74) is -0.522. The van der Waals surface area contributed by atoms with Gasteiger partial charge in [-0.1, -0.05) is 33.3 Å². The van der Waals surface area contributed by atoms with E-state index in [1.807, 2.05) is 20.8 Å². The number of nitrogens with zero attached hydrogens (tertiary/aromatic N) is 5. The number of rotatable bonds is 8. The molecule has 4 aromatic rings. The highest BCUT2D eigenvalue weighted by Gasteiger charge is 2.51. The van der Waals surface area contributed by atoms with Crippen molar-refractivity contribution in [1.29, 1.82) is 0 Å². The molecule has 11 nitrogen and oxygen atoms in total. The van der Waals surface area contributed by atoms with E-state index in [9.17, 15) is 15.3 Å².